The van der Waals surface area contributed by atoms with E-state index in [1.807, 2.05) is 12.1 Å². The van der Waals surface area contributed by atoms with E-state index in [4.69, 9.17) is 4.74 Å². The number of nitrogens with one attached hydrogen (secondary N) is 1. The molecule has 1 saturated heterocycles. The number of rotatable bonds is 6. The molecule has 1 aliphatic rings. The number of para-hydroxylation sites is 2. The number of methoxy groups -OCH3 is 1. The lowest BCUT2D eigenvalue weighted by Gasteiger charge is -2.19. The monoisotopic (exact) mass is 438 g/mol. The molecule has 1 aliphatic heterocycles. The van der Waals surface area contributed by atoms with E-state index in [0.717, 1.165) is 6.07 Å². The average Bonchev–Trinajstić information content (AvgIpc) is 3.18. The van der Waals surface area contributed by atoms with E-state index < -0.39 is 11.7 Å². The van der Waals surface area contributed by atoms with Gasteiger partial charge in [-0.05, 0) is 37.3 Å². The Hall–Kier alpha value is -3.75. The van der Waals surface area contributed by atoms with Gasteiger partial charge in [0.25, 0.3) is 5.56 Å². The molecular formula is C23H23FN4O4. The highest BCUT2D eigenvalue weighted by Gasteiger charge is 2.36. The van der Waals surface area contributed by atoms with Crippen LogP contribution in [0.2, 0.25) is 0 Å². The zero-order chi connectivity index (χ0) is 22.8. The molecule has 0 spiro atoms. The Bertz CT molecular complexity index is 1260. The van der Waals surface area contributed by atoms with E-state index in [1.165, 1.54) is 23.8 Å². The Morgan fingerprint density at radius 2 is 2.03 bits per heavy atom. The van der Waals surface area contributed by atoms with E-state index in [0.29, 0.717) is 22.8 Å². The molecule has 1 atom stereocenters. The van der Waals surface area contributed by atoms with Crippen molar-refractivity contribution in [2.75, 3.05) is 25.1 Å². The summed E-state index contributed by atoms with van der Waals surface area (Å²) < 4.78 is 20.3. The lowest BCUT2D eigenvalue weighted by Crippen LogP contribution is -2.36. The van der Waals surface area contributed by atoms with Crippen molar-refractivity contribution in [2.45, 2.75) is 19.9 Å². The van der Waals surface area contributed by atoms with Crippen molar-refractivity contribution in [1.82, 2.24) is 14.9 Å². The van der Waals surface area contributed by atoms with Crippen LogP contribution in [0, 0.1) is 18.7 Å². The molecule has 1 fully saturated rings. The maximum atomic E-state index is 13.5. The van der Waals surface area contributed by atoms with Gasteiger partial charge in [0.2, 0.25) is 11.8 Å². The fraction of sp³-hybridized carbons (Fsp3) is 0.304. The smallest absolute Gasteiger partial charge is 0.261 e. The highest BCUT2D eigenvalue weighted by molar-refractivity contribution is 6.01. The molecule has 3 aromatic rings. The Morgan fingerprint density at radius 3 is 2.81 bits per heavy atom. The first kappa shape index (κ1) is 21.5. The van der Waals surface area contributed by atoms with Gasteiger partial charge in [-0.3, -0.25) is 19.0 Å². The molecule has 1 aromatic heterocycles. The van der Waals surface area contributed by atoms with E-state index >= 15 is 0 Å². The highest BCUT2D eigenvalue weighted by Crippen LogP contribution is 2.32. The van der Waals surface area contributed by atoms with Crippen molar-refractivity contribution in [3.05, 3.63) is 64.5 Å². The second-order valence-electron chi connectivity index (χ2n) is 7.65. The van der Waals surface area contributed by atoms with Gasteiger partial charge in [-0.15, -0.1) is 0 Å². The van der Waals surface area contributed by atoms with E-state index in [9.17, 15) is 18.8 Å². The summed E-state index contributed by atoms with van der Waals surface area (Å²) in [5.74, 6) is -0.387. The molecule has 32 heavy (non-hydrogen) atoms. The van der Waals surface area contributed by atoms with E-state index in [2.05, 4.69) is 10.3 Å². The molecule has 1 N–H and O–H groups in total. The number of halogens is 1. The average molecular weight is 438 g/mol. The lowest BCUT2D eigenvalue weighted by atomic mass is 10.1. The molecule has 4 rings (SSSR count). The zero-order valence-corrected chi connectivity index (χ0v) is 17.8. The number of benzene rings is 2. The molecule has 0 bridgehead atoms. The summed E-state index contributed by atoms with van der Waals surface area (Å²) in [6, 6.07) is 11.1. The van der Waals surface area contributed by atoms with Crippen LogP contribution in [0.25, 0.3) is 10.9 Å². The molecule has 2 aromatic carbocycles. The number of nitrogens with zero attached hydrogens (tertiary/aromatic N) is 3. The standard InChI is InChI=1S/C23H23FN4O4/c1-14-26-18-8-7-16(24)12-17(18)23(31)27(14)10-9-25-22(30)15-11-21(29)28(13-15)19-5-3-4-6-20(19)32-2/h3-8,12,15H,9-11,13H2,1-2H3,(H,25,30)/t15-/m0/s1. The summed E-state index contributed by atoms with van der Waals surface area (Å²) in [5.41, 5.74) is 0.696. The van der Waals surface area contributed by atoms with Gasteiger partial charge < -0.3 is 15.0 Å². The Labute approximate surface area is 183 Å². The summed E-state index contributed by atoms with van der Waals surface area (Å²) in [6.45, 7) is 2.31. The SMILES string of the molecule is COc1ccccc1N1C[C@@H](C(=O)NCCn2c(C)nc3ccc(F)cc3c2=O)CC1=O. The van der Waals surface area contributed by atoms with Gasteiger partial charge in [-0.25, -0.2) is 9.37 Å². The van der Waals surface area contributed by atoms with Gasteiger partial charge in [-0.2, -0.15) is 0 Å². The van der Waals surface area contributed by atoms with Crippen LogP contribution in [-0.2, 0) is 16.1 Å². The summed E-state index contributed by atoms with van der Waals surface area (Å²) >= 11 is 0. The second-order valence-corrected chi connectivity index (χ2v) is 7.65. The number of amides is 2. The second kappa shape index (κ2) is 8.78. The predicted octanol–water partition coefficient (Wildman–Crippen LogP) is 2.02. The van der Waals surface area contributed by atoms with Crippen molar-refractivity contribution in [1.29, 1.82) is 0 Å². The molecule has 2 heterocycles. The van der Waals surface area contributed by atoms with Gasteiger partial charge in [0.15, 0.2) is 0 Å². The van der Waals surface area contributed by atoms with Crippen molar-refractivity contribution in [2.24, 2.45) is 5.92 Å². The van der Waals surface area contributed by atoms with Gasteiger partial charge in [0.1, 0.15) is 17.4 Å². The first-order valence-electron chi connectivity index (χ1n) is 10.3. The van der Waals surface area contributed by atoms with Crippen LogP contribution in [0.1, 0.15) is 12.2 Å². The first-order valence-corrected chi connectivity index (χ1v) is 10.3. The Balaban J connectivity index is 1.42. The number of aromatic nitrogens is 2. The maximum absolute atomic E-state index is 13.5. The molecule has 8 nitrogen and oxygen atoms in total. The number of hydrogen-bond acceptors (Lipinski definition) is 5. The number of ether oxygens (including phenoxy) is 1. The van der Waals surface area contributed by atoms with Gasteiger partial charge in [0, 0.05) is 26.1 Å². The number of carbonyl (C=O) groups is 2. The van der Waals surface area contributed by atoms with Crippen LogP contribution in [0.4, 0.5) is 10.1 Å². The van der Waals surface area contributed by atoms with Crippen molar-refractivity contribution < 1.29 is 18.7 Å². The van der Waals surface area contributed by atoms with Crippen molar-refractivity contribution in [3.8, 4) is 5.75 Å². The quantitative estimate of drug-likeness (QED) is 0.636. The molecular weight excluding hydrogens is 415 g/mol. The minimum atomic E-state index is -0.509. The molecule has 0 unspecified atom stereocenters. The van der Waals surface area contributed by atoms with Crippen LogP contribution in [0.15, 0.2) is 47.3 Å². The minimum absolute atomic E-state index is 0.0969. The number of carbonyl (C=O) groups excluding carboxylic acids is 2. The third-order valence-corrected chi connectivity index (χ3v) is 5.61. The fourth-order valence-corrected chi connectivity index (χ4v) is 3.97. The van der Waals surface area contributed by atoms with Gasteiger partial charge in [-0.1, -0.05) is 12.1 Å². The molecule has 0 radical (unpaired) electrons. The minimum Gasteiger partial charge on any atom is -0.495 e. The summed E-state index contributed by atoms with van der Waals surface area (Å²) in [4.78, 5) is 43.8. The molecule has 2 amide bonds. The summed E-state index contributed by atoms with van der Waals surface area (Å²) in [6.07, 6.45) is 0.0969. The van der Waals surface area contributed by atoms with Crippen LogP contribution < -0.4 is 20.5 Å². The Morgan fingerprint density at radius 1 is 1.25 bits per heavy atom. The molecule has 166 valence electrons. The molecule has 0 aliphatic carbocycles. The number of aryl methyl sites for hydroxylation is 1. The number of hydrogen-bond donors (Lipinski definition) is 1. The summed E-state index contributed by atoms with van der Waals surface area (Å²) in [5, 5.41) is 2.99. The highest BCUT2D eigenvalue weighted by atomic mass is 19.1. The van der Waals surface area contributed by atoms with Crippen LogP contribution in [0.3, 0.4) is 0 Å². The first-order chi connectivity index (χ1) is 15.4. The molecule has 9 heteroatoms. The Kier molecular flexibility index (Phi) is 5.89. The van der Waals surface area contributed by atoms with Crippen LogP contribution >= 0.6 is 0 Å². The lowest BCUT2D eigenvalue weighted by molar-refractivity contribution is -0.126. The van der Waals surface area contributed by atoms with Crippen molar-refractivity contribution >= 4 is 28.4 Å². The number of fused-ring (bicyclic) bond motifs is 1. The summed E-state index contributed by atoms with van der Waals surface area (Å²) in [7, 11) is 1.53. The fourth-order valence-electron chi connectivity index (χ4n) is 3.97. The number of anilines is 1. The zero-order valence-electron chi connectivity index (χ0n) is 17.8. The topological polar surface area (TPSA) is 93.5 Å². The van der Waals surface area contributed by atoms with E-state index in [-0.39, 0.29) is 48.8 Å². The third-order valence-electron chi connectivity index (χ3n) is 5.61. The largest absolute Gasteiger partial charge is 0.495 e. The third kappa shape index (κ3) is 4.05. The van der Waals surface area contributed by atoms with Crippen molar-refractivity contribution in [3.63, 3.8) is 0 Å². The van der Waals surface area contributed by atoms with Gasteiger partial charge >= 0.3 is 0 Å². The van der Waals surface area contributed by atoms with Gasteiger partial charge in [0.05, 0.1) is 29.6 Å². The predicted molar refractivity (Wildman–Crippen MR) is 117 cm³/mol. The normalized spacial score (nSPS) is 15.9. The van der Waals surface area contributed by atoms with E-state index in [1.54, 1.807) is 24.0 Å². The van der Waals surface area contributed by atoms with Crippen LogP contribution in [-0.4, -0.2) is 41.6 Å². The maximum Gasteiger partial charge on any atom is 0.261 e. The molecule has 0 saturated carbocycles. The van der Waals surface area contributed by atoms with Crippen LogP contribution in [0.5, 0.6) is 5.75 Å².